The van der Waals surface area contributed by atoms with E-state index >= 15 is 0 Å². The summed E-state index contributed by atoms with van der Waals surface area (Å²) >= 11 is 0. The van der Waals surface area contributed by atoms with E-state index in [-0.39, 0.29) is 31.0 Å². The average Bonchev–Trinajstić information content (AvgIpc) is 2.75. The second-order valence-corrected chi connectivity index (χ2v) is 4.01. The molecule has 5 heteroatoms. The smallest absolute Gasteiger partial charge is 0.242 e. The fraction of sp³-hybridized carbons (Fsp3) is 0.818. The van der Waals surface area contributed by atoms with Gasteiger partial charge in [-0.05, 0) is 19.3 Å². The van der Waals surface area contributed by atoms with Crippen LogP contribution >= 0.6 is 0 Å². The first-order valence-corrected chi connectivity index (χ1v) is 5.88. The van der Waals surface area contributed by atoms with E-state index in [1.54, 1.807) is 4.90 Å². The van der Waals surface area contributed by atoms with Crippen molar-refractivity contribution in [3.8, 4) is 0 Å². The molecular formula is C11H20N2O3. The quantitative estimate of drug-likeness (QED) is 0.689. The molecule has 1 saturated heterocycles. The molecule has 0 spiro atoms. The van der Waals surface area contributed by atoms with Crippen molar-refractivity contribution in [3.63, 3.8) is 0 Å². The van der Waals surface area contributed by atoms with Crippen molar-refractivity contribution in [2.75, 3.05) is 19.7 Å². The molecule has 0 aromatic heterocycles. The van der Waals surface area contributed by atoms with Crippen LogP contribution < -0.4 is 5.32 Å². The minimum absolute atomic E-state index is 0.0594. The Morgan fingerprint density at radius 2 is 2.25 bits per heavy atom. The van der Waals surface area contributed by atoms with Crippen molar-refractivity contribution in [2.45, 2.75) is 38.6 Å². The molecular weight excluding hydrogens is 208 g/mol. The van der Waals surface area contributed by atoms with Gasteiger partial charge in [0.15, 0.2) is 0 Å². The summed E-state index contributed by atoms with van der Waals surface area (Å²) in [5.74, 6) is -0.0832. The van der Waals surface area contributed by atoms with Gasteiger partial charge in [-0.1, -0.05) is 6.92 Å². The molecule has 5 nitrogen and oxygen atoms in total. The third kappa shape index (κ3) is 3.20. The van der Waals surface area contributed by atoms with Crippen LogP contribution in [-0.2, 0) is 9.59 Å². The topological polar surface area (TPSA) is 69.6 Å². The van der Waals surface area contributed by atoms with Crippen molar-refractivity contribution in [2.24, 2.45) is 0 Å². The van der Waals surface area contributed by atoms with Crippen LogP contribution in [0.4, 0.5) is 0 Å². The summed E-state index contributed by atoms with van der Waals surface area (Å²) < 4.78 is 0. The highest BCUT2D eigenvalue weighted by Crippen LogP contribution is 2.18. The molecule has 1 aliphatic rings. The van der Waals surface area contributed by atoms with Gasteiger partial charge in [0.05, 0.1) is 6.61 Å². The summed E-state index contributed by atoms with van der Waals surface area (Å²) in [4.78, 5) is 25.1. The van der Waals surface area contributed by atoms with Gasteiger partial charge in [0.2, 0.25) is 11.8 Å². The molecule has 2 amide bonds. The number of likely N-dealkylation sites (tertiary alicyclic amines) is 1. The van der Waals surface area contributed by atoms with Crippen LogP contribution in [0.5, 0.6) is 0 Å². The Hall–Kier alpha value is -1.10. The number of amides is 2. The van der Waals surface area contributed by atoms with Gasteiger partial charge >= 0.3 is 0 Å². The van der Waals surface area contributed by atoms with Crippen molar-refractivity contribution in [1.29, 1.82) is 0 Å². The van der Waals surface area contributed by atoms with Gasteiger partial charge in [-0.25, -0.2) is 0 Å². The van der Waals surface area contributed by atoms with E-state index in [0.717, 1.165) is 19.3 Å². The normalized spacial score (nSPS) is 19.9. The van der Waals surface area contributed by atoms with Gasteiger partial charge in [-0.15, -0.1) is 0 Å². The van der Waals surface area contributed by atoms with Crippen LogP contribution in [0.25, 0.3) is 0 Å². The third-order valence-electron chi connectivity index (χ3n) is 2.75. The predicted molar refractivity (Wildman–Crippen MR) is 59.7 cm³/mol. The first kappa shape index (κ1) is 13.0. The van der Waals surface area contributed by atoms with Crippen LogP contribution in [0, 0.1) is 0 Å². The fourth-order valence-corrected chi connectivity index (χ4v) is 1.99. The second-order valence-electron chi connectivity index (χ2n) is 4.01. The Balaban J connectivity index is 2.51. The highest BCUT2D eigenvalue weighted by molar-refractivity contribution is 5.88. The number of hydrogen-bond acceptors (Lipinski definition) is 3. The molecule has 0 aromatic carbocycles. The second kappa shape index (κ2) is 6.48. The molecule has 0 bridgehead atoms. The number of aliphatic hydroxyl groups is 1. The van der Waals surface area contributed by atoms with Crippen molar-refractivity contribution >= 4 is 11.8 Å². The number of nitrogens with one attached hydrogen (secondary N) is 1. The lowest BCUT2D eigenvalue weighted by atomic mass is 10.2. The maximum atomic E-state index is 11.7. The van der Waals surface area contributed by atoms with E-state index < -0.39 is 0 Å². The molecule has 1 unspecified atom stereocenters. The number of rotatable bonds is 5. The third-order valence-corrected chi connectivity index (χ3v) is 2.75. The molecule has 1 aliphatic heterocycles. The molecule has 1 fully saturated rings. The monoisotopic (exact) mass is 228 g/mol. The van der Waals surface area contributed by atoms with E-state index in [1.807, 2.05) is 6.92 Å². The molecule has 1 rings (SSSR count). The summed E-state index contributed by atoms with van der Waals surface area (Å²) in [6.07, 6.45) is 2.92. The minimum Gasteiger partial charge on any atom is -0.395 e. The Kier molecular flexibility index (Phi) is 5.25. The standard InChI is InChI=1S/C11H20N2O3/c1-2-4-10(15)13-7-3-5-9(13)11(16)12-6-8-14/h9,14H,2-8H2,1H3,(H,12,16). The average molecular weight is 228 g/mol. The van der Waals surface area contributed by atoms with E-state index in [0.29, 0.717) is 13.0 Å². The van der Waals surface area contributed by atoms with Crippen molar-refractivity contribution in [1.82, 2.24) is 10.2 Å². The molecule has 0 radical (unpaired) electrons. The zero-order chi connectivity index (χ0) is 12.0. The van der Waals surface area contributed by atoms with Gasteiger partial charge in [0.25, 0.3) is 0 Å². The van der Waals surface area contributed by atoms with Crippen LogP contribution in [0.1, 0.15) is 32.6 Å². The summed E-state index contributed by atoms with van der Waals surface area (Å²) in [5, 5.41) is 11.2. The molecule has 16 heavy (non-hydrogen) atoms. The van der Waals surface area contributed by atoms with E-state index in [4.69, 9.17) is 5.11 Å². The Labute approximate surface area is 95.8 Å². The summed E-state index contributed by atoms with van der Waals surface area (Å²) in [5.41, 5.74) is 0. The zero-order valence-corrected chi connectivity index (χ0v) is 9.74. The fourth-order valence-electron chi connectivity index (χ4n) is 1.99. The van der Waals surface area contributed by atoms with Crippen LogP contribution in [-0.4, -0.2) is 47.6 Å². The van der Waals surface area contributed by atoms with Gasteiger partial charge in [-0.2, -0.15) is 0 Å². The largest absolute Gasteiger partial charge is 0.395 e. The molecule has 1 atom stereocenters. The van der Waals surface area contributed by atoms with Crippen LogP contribution in [0.3, 0.4) is 0 Å². The summed E-state index contributed by atoms with van der Waals surface area (Å²) in [6.45, 7) is 2.82. The Bertz CT molecular complexity index is 256. The molecule has 0 aromatic rings. The first-order valence-electron chi connectivity index (χ1n) is 5.88. The maximum Gasteiger partial charge on any atom is 0.242 e. The lowest BCUT2D eigenvalue weighted by Crippen LogP contribution is -2.46. The molecule has 92 valence electrons. The van der Waals surface area contributed by atoms with Gasteiger partial charge < -0.3 is 15.3 Å². The Morgan fingerprint density at radius 3 is 2.88 bits per heavy atom. The lowest BCUT2D eigenvalue weighted by molar-refractivity contribution is -0.138. The van der Waals surface area contributed by atoms with Gasteiger partial charge in [0.1, 0.15) is 6.04 Å². The molecule has 2 N–H and O–H groups in total. The van der Waals surface area contributed by atoms with Crippen molar-refractivity contribution < 1.29 is 14.7 Å². The first-order chi connectivity index (χ1) is 7.70. The number of nitrogens with zero attached hydrogens (tertiary/aromatic N) is 1. The van der Waals surface area contributed by atoms with Gasteiger partial charge in [0, 0.05) is 19.5 Å². The van der Waals surface area contributed by atoms with Gasteiger partial charge in [-0.3, -0.25) is 9.59 Å². The van der Waals surface area contributed by atoms with Crippen LogP contribution in [0.15, 0.2) is 0 Å². The number of hydrogen-bond donors (Lipinski definition) is 2. The summed E-state index contributed by atoms with van der Waals surface area (Å²) in [6, 6.07) is -0.328. The highest BCUT2D eigenvalue weighted by atomic mass is 16.3. The number of carbonyl (C=O) groups excluding carboxylic acids is 2. The van der Waals surface area contributed by atoms with E-state index in [9.17, 15) is 9.59 Å². The maximum absolute atomic E-state index is 11.7. The van der Waals surface area contributed by atoms with E-state index in [2.05, 4.69) is 5.32 Å². The molecule has 1 heterocycles. The number of aliphatic hydroxyl groups excluding tert-OH is 1. The minimum atomic E-state index is -0.328. The summed E-state index contributed by atoms with van der Waals surface area (Å²) in [7, 11) is 0. The van der Waals surface area contributed by atoms with E-state index in [1.165, 1.54) is 0 Å². The Morgan fingerprint density at radius 1 is 1.50 bits per heavy atom. The molecule has 0 saturated carbocycles. The number of carbonyl (C=O) groups is 2. The van der Waals surface area contributed by atoms with Crippen LogP contribution in [0.2, 0.25) is 0 Å². The van der Waals surface area contributed by atoms with Crippen molar-refractivity contribution in [3.05, 3.63) is 0 Å². The highest BCUT2D eigenvalue weighted by Gasteiger charge is 2.33. The zero-order valence-electron chi connectivity index (χ0n) is 9.74. The predicted octanol–water partition coefficient (Wildman–Crippen LogP) is -0.114. The SMILES string of the molecule is CCCC(=O)N1CCCC1C(=O)NCCO. The molecule has 0 aliphatic carbocycles. The lowest BCUT2D eigenvalue weighted by Gasteiger charge is -2.23.